The molecule has 1 atom stereocenters. The number of rotatable bonds is 7. The molecule has 0 aliphatic carbocycles. The van der Waals surface area contributed by atoms with E-state index in [1.54, 1.807) is 0 Å². The Labute approximate surface area is 119 Å². The Morgan fingerprint density at radius 1 is 1.28 bits per heavy atom. The van der Waals surface area contributed by atoms with Crippen LogP contribution in [0.1, 0.15) is 66.7 Å². The molecule has 0 spiro atoms. The fourth-order valence-corrected chi connectivity index (χ4v) is 4.06. The van der Waals surface area contributed by atoms with Gasteiger partial charge in [-0.25, -0.2) is 0 Å². The van der Waals surface area contributed by atoms with Crippen LogP contribution >= 0.6 is 11.8 Å². The molecular weight excluding hydrogens is 238 g/mol. The van der Waals surface area contributed by atoms with Gasteiger partial charge in [-0.3, -0.25) is 0 Å². The van der Waals surface area contributed by atoms with Crippen molar-refractivity contribution in [3.63, 3.8) is 0 Å². The zero-order chi connectivity index (χ0) is 13.6. The van der Waals surface area contributed by atoms with Crippen LogP contribution in [0.15, 0.2) is 0 Å². The van der Waals surface area contributed by atoms with Crippen LogP contribution < -0.4 is 5.32 Å². The standard InChI is InChI=1S/C16H33NS/c1-6-7-8-9-15(2,3)12-17-14-10-16(4,5)13-18-11-14/h14,17H,6-13H2,1-5H3. The minimum atomic E-state index is 0.460. The highest BCUT2D eigenvalue weighted by atomic mass is 32.2. The van der Waals surface area contributed by atoms with E-state index in [4.69, 9.17) is 0 Å². The molecular formula is C16H33NS. The predicted molar refractivity (Wildman–Crippen MR) is 85.4 cm³/mol. The molecule has 1 rings (SSSR count). The third kappa shape index (κ3) is 6.47. The van der Waals surface area contributed by atoms with Crippen molar-refractivity contribution >= 4 is 11.8 Å². The van der Waals surface area contributed by atoms with E-state index in [9.17, 15) is 0 Å². The van der Waals surface area contributed by atoms with Gasteiger partial charge in [0.15, 0.2) is 0 Å². The first-order chi connectivity index (χ1) is 8.35. The maximum Gasteiger partial charge on any atom is 0.0163 e. The van der Waals surface area contributed by atoms with Gasteiger partial charge in [-0.15, -0.1) is 0 Å². The lowest BCUT2D eigenvalue weighted by Crippen LogP contribution is -2.44. The summed E-state index contributed by atoms with van der Waals surface area (Å²) in [5.74, 6) is 2.62. The van der Waals surface area contributed by atoms with Gasteiger partial charge in [-0.2, -0.15) is 11.8 Å². The lowest BCUT2D eigenvalue weighted by Gasteiger charge is -2.37. The van der Waals surface area contributed by atoms with E-state index >= 15 is 0 Å². The summed E-state index contributed by atoms with van der Waals surface area (Å²) in [4.78, 5) is 0. The summed E-state index contributed by atoms with van der Waals surface area (Å²) in [5.41, 5.74) is 0.981. The summed E-state index contributed by atoms with van der Waals surface area (Å²) in [6, 6.07) is 0.726. The third-order valence-electron chi connectivity index (χ3n) is 3.94. The van der Waals surface area contributed by atoms with Crippen LogP contribution in [0.2, 0.25) is 0 Å². The predicted octanol–water partition coefficient (Wildman–Crippen LogP) is 4.71. The van der Waals surface area contributed by atoms with Gasteiger partial charge in [0.1, 0.15) is 0 Å². The number of thioether (sulfide) groups is 1. The van der Waals surface area contributed by atoms with Gasteiger partial charge in [0.25, 0.3) is 0 Å². The third-order valence-corrected chi connectivity index (χ3v) is 5.56. The van der Waals surface area contributed by atoms with E-state index in [1.165, 1.54) is 50.2 Å². The smallest absolute Gasteiger partial charge is 0.0163 e. The minimum absolute atomic E-state index is 0.460. The van der Waals surface area contributed by atoms with Crippen LogP contribution in [0.4, 0.5) is 0 Å². The Hall–Kier alpha value is 0.310. The second-order valence-electron chi connectivity index (χ2n) is 7.58. The highest BCUT2D eigenvalue weighted by molar-refractivity contribution is 7.99. The fourth-order valence-electron chi connectivity index (χ4n) is 2.76. The molecule has 1 N–H and O–H groups in total. The first-order valence-electron chi connectivity index (χ1n) is 7.66. The maximum atomic E-state index is 3.82. The van der Waals surface area contributed by atoms with Crippen molar-refractivity contribution < 1.29 is 0 Å². The van der Waals surface area contributed by atoms with E-state index in [-0.39, 0.29) is 0 Å². The van der Waals surface area contributed by atoms with Gasteiger partial charge >= 0.3 is 0 Å². The van der Waals surface area contributed by atoms with E-state index < -0.39 is 0 Å². The minimum Gasteiger partial charge on any atom is -0.313 e. The van der Waals surface area contributed by atoms with Crippen molar-refractivity contribution in [3.8, 4) is 0 Å². The molecule has 0 bridgehead atoms. The Morgan fingerprint density at radius 2 is 2.00 bits per heavy atom. The van der Waals surface area contributed by atoms with Gasteiger partial charge < -0.3 is 5.32 Å². The Bertz CT molecular complexity index is 235. The summed E-state index contributed by atoms with van der Waals surface area (Å²) >= 11 is 2.12. The SMILES string of the molecule is CCCCCC(C)(C)CNC1CSCC(C)(C)C1. The van der Waals surface area contributed by atoms with Crippen LogP contribution in [-0.4, -0.2) is 24.1 Å². The number of unbranched alkanes of at least 4 members (excludes halogenated alkanes) is 2. The normalized spacial score (nSPS) is 24.2. The Morgan fingerprint density at radius 3 is 2.61 bits per heavy atom. The van der Waals surface area contributed by atoms with Crippen LogP contribution in [0.5, 0.6) is 0 Å². The van der Waals surface area contributed by atoms with Crippen LogP contribution in [0.3, 0.4) is 0 Å². The zero-order valence-corrected chi connectivity index (χ0v) is 14.0. The molecule has 0 aromatic rings. The van der Waals surface area contributed by atoms with E-state index in [0.29, 0.717) is 10.8 Å². The summed E-state index contributed by atoms with van der Waals surface area (Å²) < 4.78 is 0. The molecule has 0 aromatic carbocycles. The molecule has 1 aliphatic heterocycles. The molecule has 1 aliphatic rings. The molecule has 2 heteroatoms. The lowest BCUT2D eigenvalue weighted by molar-refractivity contribution is 0.258. The van der Waals surface area contributed by atoms with Crippen LogP contribution in [0, 0.1) is 10.8 Å². The molecule has 18 heavy (non-hydrogen) atoms. The zero-order valence-electron chi connectivity index (χ0n) is 13.1. The van der Waals surface area contributed by atoms with E-state index in [2.05, 4.69) is 51.7 Å². The Kier molecular flexibility index (Phi) is 6.54. The molecule has 1 fully saturated rings. The number of hydrogen-bond acceptors (Lipinski definition) is 2. The van der Waals surface area contributed by atoms with E-state index in [1.807, 2.05) is 0 Å². The van der Waals surface area contributed by atoms with Crippen LogP contribution in [-0.2, 0) is 0 Å². The largest absolute Gasteiger partial charge is 0.313 e. The van der Waals surface area contributed by atoms with Crippen molar-refractivity contribution in [3.05, 3.63) is 0 Å². The molecule has 108 valence electrons. The van der Waals surface area contributed by atoms with Gasteiger partial charge in [0.2, 0.25) is 0 Å². The average molecular weight is 272 g/mol. The lowest BCUT2D eigenvalue weighted by atomic mass is 9.85. The molecule has 0 amide bonds. The van der Waals surface area contributed by atoms with Crippen molar-refractivity contribution in [2.24, 2.45) is 10.8 Å². The molecule has 0 aromatic heterocycles. The summed E-state index contributed by atoms with van der Waals surface area (Å²) in [6.45, 7) is 13.1. The van der Waals surface area contributed by atoms with Gasteiger partial charge in [0.05, 0.1) is 0 Å². The topological polar surface area (TPSA) is 12.0 Å². The quantitative estimate of drug-likeness (QED) is 0.673. The Balaban J connectivity index is 2.26. The second kappa shape index (κ2) is 7.19. The molecule has 0 radical (unpaired) electrons. The highest BCUT2D eigenvalue weighted by Crippen LogP contribution is 2.34. The first-order valence-corrected chi connectivity index (χ1v) is 8.81. The second-order valence-corrected chi connectivity index (χ2v) is 8.61. The molecule has 1 heterocycles. The first kappa shape index (κ1) is 16.4. The monoisotopic (exact) mass is 271 g/mol. The number of nitrogens with one attached hydrogen (secondary N) is 1. The highest BCUT2D eigenvalue weighted by Gasteiger charge is 2.29. The summed E-state index contributed by atoms with van der Waals surface area (Å²) in [5, 5.41) is 3.82. The van der Waals surface area contributed by atoms with Crippen molar-refractivity contribution in [2.75, 3.05) is 18.1 Å². The van der Waals surface area contributed by atoms with Crippen molar-refractivity contribution in [2.45, 2.75) is 72.8 Å². The van der Waals surface area contributed by atoms with Gasteiger partial charge in [0, 0.05) is 18.3 Å². The molecule has 1 saturated heterocycles. The van der Waals surface area contributed by atoms with Crippen molar-refractivity contribution in [1.29, 1.82) is 0 Å². The molecule has 1 unspecified atom stereocenters. The maximum absolute atomic E-state index is 3.82. The molecule has 1 nitrogen and oxygen atoms in total. The van der Waals surface area contributed by atoms with Crippen LogP contribution in [0.25, 0.3) is 0 Å². The van der Waals surface area contributed by atoms with E-state index in [0.717, 1.165) is 6.04 Å². The fraction of sp³-hybridized carbons (Fsp3) is 1.00. The van der Waals surface area contributed by atoms with Gasteiger partial charge in [-0.1, -0.05) is 53.9 Å². The van der Waals surface area contributed by atoms with Crippen molar-refractivity contribution in [1.82, 2.24) is 5.32 Å². The number of hydrogen-bond donors (Lipinski definition) is 1. The van der Waals surface area contributed by atoms with Gasteiger partial charge in [-0.05, 0) is 29.4 Å². The summed E-state index contributed by atoms with van der Waals surface area (Å²) in [6.07, 6.45) is 6.80. The molecule has 0 saturated carbocycles. The summed E-state index contributed by atoms with van der Waals surface area (Å²) in [7, 11) is 0. The average Bonchev–Trinajstić information content (AvgIpc) is 2.26.